The Morgan fingerprint density at radius 1 is 1.07 bits per heavy atom. The SMILES string of the molecule is CCCN(C(=O)c1cc(OCC)c(OCC)c(OCC)c1)C1CCNC1.Cl. The van der Waals surface area contributed by atoms with E-state index in [1.54, 1.807) is 12.1 Å². The lowest BCUT2D eigenvalue weighted by Crippen LogP contribution is -2.42. The number of amides is 1. The second kappa shape index (κ2) is 11.9. The van der Waals surface area contributed by atoms with Crippen LogP contribution in [0.1, 0.15) is 50.9 Å². The number of halogens is 1. The summed E-state index contributed by atoms with van der Waals surface area (Å²) < 4.78 is 17.2. The molecule has 0 saturated carbocycles. The minimum Gasteiger partial charge on any atom is -0.490 e. The molecule has 1 fully saturated rings. The topological polar surface area (TPSA) is 60.0 Å². The number of nitrogens with one attached hydrogen (secondary N) is 1. The molecule has 1 N–H and O–H groups in total. The van der Waals surface area contributed by atoms with Crippen LogP contribution in [-0.4, -0.2) is 56.3 Å². The molecule has 0 aliphatic carbocycles. The van der Waals surface area contributed by atoms with E-state index in [-0.39, 0.29) is 24.4 Å². The molecule has 27 heavy (non-hydrogen) atoms. The largest absolute Gasteiger partial charge is 0.490 e. The van der Waals surface area contributed by atoms with Gasteiger partial charge in [-0.15, -0.1) is 12.4 Å². The summed E-state index contributed by atoms with van der Waals surface area (Å²) in [5, 5.41) is 3.34. The molecular formula is C20H33ClN2O4. The molecule has 1 aromatic rings. The van der Waals surface area contributed by atoms with E-state index < -0.39 is 0 Å². The molecular weight excluding hydrogens is 368 g/mol. The number of carbonyl (C=O) groups is 1. The van der Waals surface area contributed by atoms with E-state index in [2.05, 4.69) is 12.2 Å². The van der Waals surface area contributed by atoms with E-state index in [9.17, 15) is 4.79 Å². The number of hydrogen-bond acceptors (Lipinski definition) is 5. The van der Waals surface area contributed by atoms with E-state index >= 15 is 0 Å². The van der Waals surface area contributed by atoms with Crippen molar-refractivity contribution in [2.45, 2.75) is 46.6 Å². The first-order valence-corrected chi connectivity index (χ1v) is 9.74. The average Bonchev–Trinajstić information content (AvgIpc) is 3.16. The Bertz CT molecular complexity index is 564. The second-order valence-corrected chi connectivity index (χ2v) is 6.25. The van der Waals surface area contributed by atoms with Crippen molar-refractivity contribution in [2.24, 2.45) is 0 Å². The third-order valence-corrected chi connectivity index (χ3v) is 4.36. The molecule has 0 radical (unpaired) electrons. The lowest BCUT2D eigenvalue weighted by atomic mass is 10.1. The van der Waals surface area contributed by atoms with Crippen molar-refractivity contribution in [3.63, 3.8) is 0 Å². The average molecular weight is 401 g/mol. The summed E-state index contributed by atoms with van der Waals surface area (Å²) in [6.45, 7) is 11.9. The summed E-state index contributed by atoms with van der Waals surface area (Å²) in [6.07, 6.45) is 1.91. The van der Waals surface area contributed by atoms with Gasteiger partial charge in [-0.3, -0.25) is 4.79 Å². The Balaban J connectivity index is 0.00000364. The van der Waals surface area contributed by atoms with Crippen LogP contribution in [-0.2, 0) is 0 Å². The lowest BCUT2D eigenvalue weighted by Gasteiger charge is -2.29. The Labute approximate surface area is 168 Å². The molecule has 0 aromatic heterocycles. The highest BCUT2D eigenvalue weighted by Crippen LogP contribution is 2.39. The Hall–Kier alpha value is -1.66. The fourth-order valence-corrected chi connectivity index (χ4v) is 3.27. The van der Waals surface area contributed by atoms with Crippen LogP contribution in [0.25, 0.3) is 0 Å². The van der Waals surface area contributed by atoms with Crippen molar-refractivity contribution < 1.29 is 19.0 Å². The molecule has 154 valence electrons. The zero-order valence-corrected chi connectivity index (χ0v) is 17.7. The summed E-state index contributed by atoms with van der Waals surface area (Å²) in [4.78, 5) is 15.2. The number of benzene rings is 1. The van der Waals surface area contributed by atoms with E-state index in [0.717, 1.165) is 32.5 Å². The third-order valence-electron chi connectivity index (χ3n) is 4.36. The number of nitrogens with zero attached hydrogens (tertiary/aromatic N) is 1. The molecule has 1 aliphatic heterocycles. The zero-order chi connectivity index (χ0) is 18.9. The maximum absolute atomic E-state index is 13.3. The summed E-state index contributed by atoms with van der Waals surface area (Å²) >= 11 is 0. The number of carbonyl (C=O) groups excluding carboxylic acids is 1. The fourth-order valence-electron chi connectivity index (χ4n) is 3.27. The van der Waals surface area contributed by atoms with Gasteiger partial charge < -0.3 is 24.4 Å². The smallest absolute Gasteiger partial charge is 0.254 e. The normalized spacial score (nSPS) is 15.8. The van der Waals surface area contributed by atoms with Crippen molar-refractivity contribution >= 4 is 18.3 Å². The van der Waals surface area contributed by atoms with E-state index in [4.69, 9.17) is 14.2 Å². The van der Waals surface area contributed by atoms with Gasteiger partial charge in [0.05, 0.1) is 19.8 Å². The molecule has 1 unspecified atom stereocenters. The van der Waals surface area contributed by atoms with Gasteiger partial charge in [0.25, 0.3) is 5.91 Å². The van der Waals surface area contributed by atoms with Crippen LogP contribution in [0.4, 0.5) is 0 Å². The molecule has 6 nitrogen and oxygen atoms in total. The van der Waals surface area contributed by atoms with Crippen LogP contribution in [0.2, 0.25) is 0 Å². The molecule has 1 aromatic carbocycles. The van der Waals surface area contributed by atoms with Crippen LogP contribution in [0.3, 0.4) is 0 Å². The van der Waals surface area contributed by atoms with Crippen LogP contribution in [0.5, 0.6) is 17.2 Å². The predicted molar refractivity (Wildman–Crippen MR) is 110 cm³/mol. The summed E-state index contributed by atoms with van der Waals surface area (Å²) in [5.74, 6) is 1.71. The Morgan fingerprint density at radius 3 is 2.11 bits per heavy atom. The fraction of sp³-hybridized carbons (Fsp3) is 0.650. The molecule has 1 saturated heterocycles. The molecule has 1 aliphatic rings. The van der Waals surface area contributed by atoms with Crippen molar-refractivity contribution in [3.05, 3.63) is 17.7 Å². The number of rotatable bonds is 10. The molecule has 1 amide bonds. The van der Waals surface area contributed by atoms with Gasteiger partial charge in [-0.05, 0) is 52.3 Å². The highest BCUT2D eigenvalue weighted by Gasteiger charge is 2.28. The molecule has 1 heterocycles. The minimum absolute atomic E-state index is 0. The van der Waals surface area contributed by atoms with Crippen LogP contribution < -0.4 is 19.5 Å². The van der Waals surface area contributed by atoms with Gasteiger partial charge in [0.2, 0.25) is 5.75 Å². The van der Waals surface area contributed by atoms with Gasteiger partial charge in [-0.2, -0.15) is 0 Å². The van der Waals surface area contributed by atoms with Gasteiger partial charge in [0, 0.05) is 24.7 Å². The van der Waals surface area contributed by atoms with Gasteiger partial charge in [0.15, 0.2) is 11.5 Å². The number of hydrogen-bond donors (Lipinski definition) is 1. The van der Waals surface area contributed by atoms with Crippen LogP contribution >= 0.6 is 12.4 Å². The first-order valence-electron chi connectivity index (χ1n) is 9.74. The van der Waals surface area contributed by atoms with Gasteiger partial charge >= 0.3 is 0 Å². The predicted octanol–water partition coefficient (Wildman–Crippen LogP) is 3.52. The van der Waals surface area contributed by atoms with Gasteiger partial charge in [-0.25, -0.2) is 0 Å². The lowest BCUT2D eigenvalue weighted by molar-refractivity contribution is 0.0691. The molecule has 0 spiro atoms. The Kier molecular flexibility index (Phi) is 10.3. The maximum atomic E-state index is 13.3. The number of ether oxygens (including phenoxy) is 3. The highest BCUT2D eigenvalue weighted by molar-refractivity contribution is 5.96. The van der Waals surface area contributed by atoms with Gasteiger partial charge in [-0.1, -0.05) is 6.92 Å². The van der Waals surface area contributed by atoms with E-state index in [1.807, 2.05) is 25.7 Å². The van der Waals surface area contributed by atoms with Crippen LogP contribution in [0, 0.1) is 0 Å². The first kappa shape index (κ1) is 23.4. The van der Waals surface area contributed by atoms with Gasteiger partial charge in [0.1, 0.15) is 0 Å². The van der Waals surface area contributed by atoms with E-state index in [0.29, 0.717) is 42.6 Å². The van der Waals surface area contributed by atoms with Crippen molar-refractivity contribution in [1.82, 2.24) is 10.2 Å². The third kappa shape index (κ3) is 5.91. The minimum atomic E-state index is 0. The quantitative estimate of drug-likeness (QED) is 0.651. The van der Waals surface area contributed by atoms with Crippen molar-refractivity contribution in [1.29, 1.82) is 0 Å². The summed E-state index contributed by atoms with van der Waals surface area (Å²) in [6, 6.07) is 3.80. The van der Waals surface area contributed by atoms with Crippen molar-refractivity contribution in [2.75, 3.05) is 39.5 Å². The first-order chi connectivity index (χ1) is 12.7. The van der Waals surface area contributed by atoms with Crippen molar-refractivity contribution in [3.8, 4) is 17.2 Å². The molecule has 1 atom stereocenters. The highest BCUT2D eigenvalue weighted by atomic mass is 35.5. The Morgan fingerprint density at radius 2 is 1.67 bits per heavy atom. The monoisotopic (exact) mass is 400 g/mol. The zero-order valence-electron chi connectivity index (χ0n) is 16.9. The standard InChI is InChI=1S/C20H32N2O4.ClH/c1-5-11-22(16-9-10-21-14-16)20(23)15-12-17(24-6-2)19(26-8-4)18(13-15)25-7-3;/h12-13,16,21H,5-11,14H2,1-4H3;1H. The molecule has 2 rings (SSSR count). The summed E-state index contributed by atoms with van der Waals surface area (Å²) in [5.41, 5.74) is 0.584. The second-order valence-electron chi connectivity index (χ2n) is 6.25. The van der Waals surface area contributed by atoms with E-state index in [1.165, 1.54) is 0 Å². The maximum Gasteiger partial charge on any atom is 0.254 e. The van der Waals surface area contributed by atoms with Crippen LogP contribution in [0.15, 0.2) is 12.1 Å². The summed E-state index contributed by atoms with van der Waals surface area (Å²) in [7, 11) is 0. The molecule has 7 heteroatoms. The molecule has 0 bridgehead atoms.